The lowest BCUT2D eigenvalue weighted by molar-refractivity contribution is 0.410. The molecule has 0 N–H and O–H groups in total. The molecule has 0 aliphatic carbocycles. The molecule has 0 aliphatic rings. The fourth-order valence-electron chi connectivity index (χ4n) is 3.13. The fourth-order valence-corrected chi connectivity index (χ4v) is 3.13. The van der Waals surface area contributed by atoms with Gasteiger partial charge in [0.05, 0.1) is 0 Å². The highest BCUT2D eigenvalue weighted by molar-refractivity contribution is 5.65. The molecule has 0 nitrogen and oxygen atoms in total. The van der Waals surface area contributed by atoms with Crippen LogP contribution in [0.3, 0.4) is 0 Å². The Hall–Kier alpha value is -2.04. The Kier molecular flexibility index (Phi) is 6.64. The minimum absolute atomic E-state index is 0.308. The summed E-state index contributed by atoms with van der Waals surface area (Å²) in [5.41, 5.74) is 9.43. The van der Waals surface area contributed by atoms with E-state index in [9.17, 15) is 0 Å². The highest BCUT2D eigenvalue weighted by atomic mass is 14.2. The Bertz CT molecular complexity index is 678. The summed E-state index contributed by atoms with van der Waals surface area (Å²) in [4.78, 5) is 0. The molecule has 0 fully saturated rings. The van der Waals surface area contributed by atoms with Gasteiger partial charge in [-0.2, -0.15) is 0 Å². The summed E-state index contributed by atoms with van der Waals surface area (Å²) in [6.07, 6.45) is 4.43. The first-order valence-corrected chi connectivity index (χ1v) is 8.99. The summed E-state index contributed by atoms with van der Waals surface area (Å²) in [5, 5.41) is 0. The predicted octanol–water partition coefficient (Wildman–Crippen LogP) is 7.07. The second-order valence-corrected chi connectivity index (χ2v) is 7.83. The van der Waals surface area contributed by atoms with Gasteiger partial charge in [0.15, 0.2) is 0 Å². The highest BCUT2D eigenvalue weighted by Crippen LogP contribution is 2.26. The molecule has 126 valence electrons. The Morgan fingerprint density at radius 3 is 2.04 bits per heavy atom. The summed E-state index contributed by atoms with van der Waals surface area (Å²) < 4.78 is 0. The van der Waals surface area contributed by atoms with E-state index in [1.165, 1.54) is 22.3 Å². The zero-order valence-corrected chi connectivity index (χ0v) is 15.6. The molecule has 0 saturated heterocycles. The van der Waals surface area contributed by atoms with Crippen LogP contribution < -0.4 is 0 Å². The molecule has 2 rings (SSSR count). The van der Waals surface area contributed by atoms with Crippen LogP contribution in [0.15, 0.2) is 72.0 Å². The quantitative estimate of drug-likeness (QED) is 0.499. The van der Waals surface area contributed by atoms with Crippen molar-refractivity contribution in [2.45, 2.75) is 53.4 Å². The molecule has 0 atom stereocenters. The van der Waals surface area contributed by atoms with E-state index in [-0.39, 0.29) is 0 Å². The molecular weight excluding hydrogens is 288 g/mol. The molecule has 0 saturated carbocycles. The van der Waals surface area contributed by atoms with E-state index < -0.39 is 0 Å². The molecule has 2 aromatic carbocycles. The van der Waals surface area contributed by atoms with Gasteiger partial charge >= 0.3 is 0 Å². The van der Waals surface area contributed by atoms with Gasteiger partial charge in [-0.05, 0) is 54.7 Å². The topological polar surface area (TPSA) is 0 Å². The van der Waals surface area contributed by atoms with Crippen molar-refractivity contribution in [1.82, 2.24) is 0 Å². The number of benzene rings is 2. The zero-order valence-electron chi connectivity index (χ0n) is 15.6. The van der Waals surface area contributed by atoms with Gasteiger partial charge in [-0.25, -0.2) is 0 Å². The second-order valence-electron chi connectivity index (χ2n) is 7.83. The van der Waals surface area contributed by atoms with Gasteiger partial charge in [0.1, 0.15) is 0 Å². The van der Waals surface area contributed by atoms with Crippen LogP contribution >= 0.6 is 0 Å². The smallest absolute Gasteiger partial charge is 0.00116 e. The van der Waals surface area contributed by atoms with Crippen molar-refractivity contribution in [3.05, 3.63) is 83.1 Å². The minimum Gasteiger partial charge on any atom is -0.118 e. The summed E-state index contributed by atoms with van der Waals surface area (Å²) in [6.45, 7) is 9.08. The average molecular weight is 319 g/mol. The van der Waals surface area contributed by atoms with Crippen LogP contribution in [0.2, 0.25) is 0 Å². The molecule has 0 aliphatic heterocycles. The van der Waals surface area contributed by atoms with Gasteiger partial charge in [0, 0.05) is 5.57 Å². The maximum absolute atomic E-state index is 3.71. The molecule has 0 unspecified atom stereocenters. The third-order valence-electron chi connectivity index (χ3n) is 4.02. The summed E-state index contributed by atoms with van der Waals surface area (Å²) in [5.74, 6) is 0. The summed E-state index contributed by atoms with van der Waals surface area (Å²) in [6, 6.07) is 21.5. The zero-order chi connectivity index (χ0) is 17.4. The van der Waals surface area contributed by atoms with Gasteiger partial charge in [0.2, 0.25) is 0 Å². The first kappa shape index (κ1) is 18.3. The molecule has 0 heterocycles. The summed E-state index contributed by atoms with van der Waals surface area (Å²) in [7, 11) is 0. The molecule has 2 aromatic rings. The molecule has 0 radical (unpaired) electrons. The van der Waals surface area contributed by atoms with E-state index in [1.54, 1.807) is 0 Å². The molecule has 0 bridgehead atoms. The fraction of sp³-hybridized carbons (Fsp3) is 0.375. The van der Waals surface area contributed by atoms with Gasteiger partial charge in [-0.3, -0.25) is 0 Å². The third kappa shape index (κ3) is 6.60. The van der Waals surface area contributed by atoms with Crippen LogP contribution in [0.1, 0.15) is 58.1 Å². The van der Waals surface area contributed by atoms with Crippen molar-refractivity contribution in [2.75, 3.05) is 0 Å². The van der Waals surface area contributed by atoms with Crippen molar-refractivity contribution < 1.29 is 0 Å². The van der Waals surface area contributed by atoms with Crippen LogP contribution in [0.5, 0.6) is 0 Å². The molecule has 0 spiro atoms. The van der Waals surface area contributed by atoms with Gasteiger partial charge in [-0.1, -0.05) is 81.4 Å². The van der Waals surface area contributed by atoms with E-state index in [4.69, 9.17) is 0 Å². The maximum Gasteiger partial charge on any atom is 0.00116 e. The van der Waals surface area contributed by atoms with Crippen molar-refractivity contribution >= 4 is 5.57 Å². The van der Waals surface area contributed by atoms with E-state index in [1.807, 2.05) is 0 Å². The highest BCUT2D eigenvalue weighted by Gasteiger charge is 2.11. The first-order valence-electron chi connectivity index (χ1n) is 8.99. The van der Waals surface area contributed by atoms with E-state index >= 15 is 0 Å². The largest absolute Gasteiger partial charge is 0.118 e. The van der Waals surface area contributed by atoms with Gasteiger partial charge in [0.25, 0.3) is 0 Å². The van der Waals surface area contributed by atoms with Crippen LogP contribution in [-0.4, -0.2) is 0 Å². The molecule has 0 heteroatoms. The van der Waals surface area contributed by atoms with Gasteiger partial charge < -0.3 is 0 Å². The Balaban J connectivity index is 2.16. The normalized spacial score (nSPS) is 11.0. The molecule has 0 aromatic heterocycles. The Morgan fingerprint density at radius 2 is 1.46 bits per heavy atom. The number of hydrogen-bond donors (Lipinski definition) is 0. The lowest BCUT2D eigenvalue weighted by Gasteiger charge is -2.17. The summed E-state index contributed by atoms with van der Waals surface area (Å²) >= 11 is 0. The minimum atomic E-state index is 0.308. The van der Waals surface area contributed by atoms with Crippen molar-refractivity contribution in [3.63, 3.8) is 0 Å². The van der Waals surface area contributed by atoms with Crippen LogP contribution in [-0.2, 0) is 6.42 Å². The number of hydrogen-bond acceptors (Lipinski definition) is 0. The van der Waals surface area contributed by atoms with E-state index in [0.717, 1.165) is 25.7 Å². The maximum atomic E-state index is 3.71. The monoisotopic (exact) mass is 318 g/mol. The Morgan fingerprint density at radius 1 is 0.875 bits per heavy atom. The second kappa shape index (κ2) is 8.71. The van der Waals surface area contributed by atoms with Crippen LogP contribution in [0.25, 0.3) is 5.57 Å². The standard InChI is InChI=1S/C24H30/c1-20(19-24(2,3)4)18-23(22-15-9-6-10-16-22)17-11-14-21-12-7-5-8-13-21/h5-10,12-13,15-16H,11,14,17,19H2,1-4H3. The molecular formula is C24H30. The number of rotatable bonds is 6. The Labute approximate surface area is 147 Å². The molecule has 24 heavy (non-hydrogen) atoms. The van der Waals surface area contributed by atoms with Crippen LogP contribution in [0, 0.1) is 5.41 Å². The number of aryl methyl sites for hydroxylation is 1. The molecule has 0 amide bonds. The third-order valence-corrected chi connectivity index (χ3v) is 4.02. The van der Waals surface area contributed by atoms with Crippen molar-refractivity contribution in [1.29, 1.82) is 0 Å². The van der Waals surface area contributed by atoms with Crippen molar-refractivity contribution in [3.8, 4) is 0 Å². The first-order chi connectivity index (χ1) is 11.4. The van der Waals surface area contributed by atoms with Gasteiger partial charge in [-0.15, -0.1) is 5.73 Å². The average Bonchev–Trinajstić information content (AvgIpc) is 2.54. The lowest BCUT2D eigenvalue weighted by Crippen LogP contribution is -2.04. The predicted molar refractivity (Wildman–Crippen MR) is 106 cm³/mol. The SMILES string of the molecule is CC(=C=C(CCCc1ccccc1)c1ccccc1)CC(C)(C)C. The number of allylic oxidation sites excluding steroid dienone is 1. The van der Waals surface area contributed by atoms with Crippen LogP contribution in [0.4, 0.5) is 0 Å². The van der Waals surface area contributed by atoms with E-state index in [2.05, 4.69) is 94.1 Å². The lowest BCUT2D eigenvalue weighted by atomic mass is 9.88. The van der Waals surface area contributed by atoms with E-state index in [0.29, 0.717) is 5.41 Å². The van der Waals surface area contributed by atoms with Crippen molar-refractivity contribution in [2.24, 2.45) is 5.41 Å².